The topological polar surface area (TPSA) is 42.2 Å². The maximum Gasteiger partial charge on any atom is 0.165 e. The Morgan fingerprint density at radius 1 is 1.04 bits per heavy atom. The molecule has 0 spiro atoms. The first-order valence-corrected chi connectivity index (χ1v) is 8.87. The van der Waals surface area contributed by atoms with Crippen molar-refractivity contribution in [1.82, 2.24) is 14.6 Å². The Bertz CT molecular complexity index is 805. The van der Waals surface area contributed by atoms with Gasteiger partial charge >= 0.3 is 0 Å². The lowest BCUT2D eigenvalue weighted by Crippen LogP contribution is -2.08. The van der Waals surface area contributed by atoms with Crippen LogP contribution in [0.25, 0.3) is 16.8 Å². The number of nitrogens with one attached hydrogen (secondary N) is 1. The van der Waals surface area contributed by atoms with Gasteiger partial charge in [0.05, 0.1) is 5.69 Å². The van der Waals surface area contributed by atoms with Crippen LogP contribution in [0.1, 0.15) is 44.0 Å². The highest BCUT2D eigenvalue weighted by molar-refractivity contribution is 5.80. The van der Waals surface area contributed by atoms with Crippen molar-refractivity contribution in [3.05, 3.63) is 47.8 Å². The molecule has 0 saturated heterocycles. The maximum absolute atomic E-state index is 4.75. The van der Waals surface area contributed by atoms with Gasteiger partial charge in [0.1, 0.15) is 5.82 Å². The maximum atomic E-state index is 4.75. The van der Waals surface area contributed by atoms with Crippen LogP contribution >= 0.6 is 0 Å². The molecule has 0 bridgehead atoms. The first-order valence-electron chi connectivity index (χ1n) is 8.87. The van der Waals surface area contributed by atoms with Gasteiger partial charge in [-0.1, -0.05) is 56.5 Å². The molecule has 0 aliphatic rings. The zero-order chi connectivity index (χ0) is 16.9. The highest BCUT2D eigenvalue weighted by Crippen LogP contribution is 2.28. The Labute approximate surface area is 143 Å². The molecule has 1 N–H and O–H groups in total. The summed E-state index contributed by atoms with van der Waals surface area (Å²) in [6.07, 6.45) is 5.01. The van der Waals surface area contributed by atoms with Gasteiger partial charge in [-0.05, 0) is 25.8 Å². The Kier molecular flexibility index (Phi) is 5.14. The van der Waals surface area contributed by atoms with E-state index in [-0.39, 0.29) is 0 Å². The molecule has 0 saturated carbocycles. The SMILES string of the molecule is CCCCCCNc1cc(C)nc2c(-c3ccccc3)c(C)nn12. The minimum Gasteiger partial charge on any atom is -0.370 e. The molecule has 126 valence electrons. The molecule has 3 aromatic rings. The molecule has 0 radical (unpaired) electrons. The third kappa shape index (κ3) is 3.42. The van der Waals surface area contributed by atoms with Gasteiger partial charge in [-0.15, -0.1) is 0 Å². The van der Waals surface area contributed by atoms with Gasteiger partial charge in [-0.2, -0.15) is 9.61 Å². The number of rotatable bonds is 7. The van der Waals surface area contributed by atoms with Crippen LogP contribution in [0.15, 0.2) is 36.4 Å². The highest BCUT2D eigenvalue weighted by atomic mass is 15.3. The third-order valence-electron chi connectivity index (χ3n) is 4.29. The molecule has 24 heavy (non-hydrogen) atoms. The van der Waals surface area contributed by atoms with Crippen molar-refractivity contribution in [3.63, 3.8) is 0 Å². The molecule has 0 aliphatic carbocycles. The van der Waals surface area contributed by atoms with E-state index in [0.29, 0.717) is 0 Å². The number of unbranched alkanes of at least 4 members (excludes halogenated alkanes) is 3. The normalized spacial score (nSPS) is 11.1. The molecular weight excluding hydrogens is 296 g/mol. The van der Waals surface area contributed by atoms with Crippen LogP contribution < -0.4 is 5.32 Å². The van der Waals surface area contributed by atoms with Gasteiger partial charge in [0.25, 0.3) is 0 Å². The zero-order valence-corrected chi connectivity index (χ0v) is 14.8. The lowest BCUT2D eigenvalue weighted by molar-refractivity contribution is 0.683. The number of anilines is 1. The Morgan fingerprint density at radius 3 is 2.58 bits per heavy atom. The van der Waals surface area contributed by atoms with E-state index in [9.17, 15) is 0 Å². The van der Waals surface area contributed by atoms with Crippen molar-refractivity contribution < 1.29 is 0 Å². The van der Waals surface area contributed by atoms with Crippen LogP contribution in [-0.4, -0.2) is 21.1 Å². The van der Waals surface area contributed by atoms with Crippen LogP contribution in [0.2, 0.25) is 0 Å². The van der Waals surface area contributed by atoms with E-state index < -0.39 is 0 Å². The van der Waals surface area contributed by atoms with Crippen molar-refractivity contribution in [1.29, 1.82) is 0 Å². The summed E-state index contributed by atoms with van der Waals surface area (Å²) in [6.45, 7) is 7.30. The molecule has 0 amide bonds. The molecule has 0 unspecified atom stereocenters. The number of aromatic nitrogens is 3. The molecule has 0 fully saturated rings. The highest BCUT2D eigenvalue weighted by Gasteiger charge is 2.15. The number of fused-ring (bicyclic) bond motifs is 1. The van der Waals surface area contributed by atoms with Gasteiger partial charge in [0.15, 0.2) is 5.65 Å². The Morgan fingerprint density at radius 2 is 1.83 bits per heavy atom. The van der Waals surface area contributed by atoms with Crippen molar-refractivity contribution in [2.75, 3.05) is 11.9 Å². The molecule has 4 nitrogen and oxygen atoms in total. The lowest BCUT2D eigenvalue weighted by atomic mass is 10.1. The van der Waals surface area contributed by atoms with Gasteiger partial charge in [-0.3, -0.25) is 0 Å². The number of nitrogens with zero attached hydrogens (tertiary/aromatic N) is 3. The molecule has 1 aromatic carbocycles. The molecular formula is C20H26N4. The number of hydrogen-bond donors (Lipinski definition) is 1. The van der Waals surface area contributed by atoms with Gasteiger partial charge in [0, 0.05) is 23.9 Å². The van der Waals surface area contributed by atoms with Crippen LogP contribution in [-0.2, 0) is 0 Å². The number of aryl methyl sites for hydroxylation is 2. The largest absolute Gasteiger partial charge is 0.370 e. The average molecular weight is 322 g/mol. The van der Waals surface area contributed by atoms with E-state index in [1.165, 1.54) is 25.7 Å². The van der Waals surface area contributed by atoms with Crippen LogP contribution in [0.3, 0.4) is 0 Å². The summed E-state index contributed by atoms with van der Waals surface area (Å²) in [6, 6.07) is 12.5. The second-order valence-corrected chi connectivity index (χ2v) is 6.33. The number of benzene rings is 1. The summed E-state index contributed by atoms with van der Waals surface area (Å²) in [5.74, 6) is 1.03. The molecule has 4 heteroatoms. The van der Waals surface area contributed by atoms with Crippen molar-refractivity contribution in [3.8, 4) is 11.1 Å². The lowest BCUT2D eigenvalue weighted by Gasteiger charge is -2.09. The smallest absolute Gasteiger partial charge is 0.165 e. The fourth-order valence-electron chi connectivity index (χ4n) is 3.08. The van der Waals surface area contributed by atoms with Crippen molar-refractivity contribution >= 4 is 11.5 Å². The quantitative estimate of drug-likeness (QED) is 0.622. The van der Waals surface area contributed by atoms with E-state index >= 15 is 0 Å². The van der Waals surface area contributed by atoms with Crippen molar-refractivity contribution in [2.24, 2.45) is 0 Å². The minimum atomic E-state index is 0.926. The fraction of sp³-hybridized carbons (Fsp3) is 0.400. The van der Waals surface area contributed by atoms with Gasteiger partial charge in [-0.25, -0.2) is 4.98 Å². The zero-order valence-electron chi connectivity index (χ0n) is 14.8. The molecule has 2 aromatic heterocycles. The average Bonchev–Trinajstić information content (AvgIpc) is 2.91. The summed E-state index contributed by atoms with van der Waals surface area (Å²) < 4.78 is 1.95. The third-order valence-corrected chi connectivity index (χ3v) is 4.29. The van der Waals surface area contributed by atoms with E-state index in [2.05, 4.69) is 49.5 Å². The summed E-state index contributed by atoms with van der Waals surface area (Å²) in [5.41, 5.74) is 5.23. The Hall–Kier alpha value is -2.36. The summed E-state index contributed by atoms with van der Waals surface area (Å²) in [7, 11) is 0. The second-order valence-electron chi connectivity index (χ2n) is 6.33. The molecule has 0 atom stereocenters. The summed E-state index contributed by atoms with van der Waals surface area (Å²) >= 11 is 0. The Balaban J connectivity index is 1.94. The standard InChI is InChI=1S/C20H26N4/c1-4-5-6-10-13-21-18-14-15(2)22-20-19(16(3)23-24(18)20)17-11-8-7-9-12-17/h7-9,11-12,14,21H,4-6,10,13H2,1-3H3. The van der Waals surface area contributed by atoms with Gasteiger partial charge < -0.3 is 5.32 Å². The fourth-order valence-corrected chi connectivity index (χ4v) is 3.08. The van der Waals surface area contributed by atoms with E-state index in [0.717, 1.165) is 40.5 Å². The first-order chi connectivity index (χ1) is 11.7. The van der Waals surface area contributed by atoms with E-state index in [1.54, 1.807) is 0 Å². The van der Waals surface area contributed by atoms with E-state index in [1.807, 2.05) is 17.5 Å². The summed E-state index contributed by atoms with van der Waals surface area (Å²) in [4.78, 5) is 4.75. The minimum absolute atomic E-state index is 0.926. The molecule has 0 aliphatic heterocycles. The predicted molar refractivity (Wildman–Crippen MR) is 101 cm³/mol. The van der Waals surface area contributed by atoms with Gasteiger partial charge in [0.2, 0.25) is 0 Å². The monoisotopic (exact) mass is 322 g/mol. The number of hydrogen-bond acceptors (Lipinski definition) is 3. The van der Waals surface area contributed by atoms with E-state index in [4.69, 9.17) is 10.1 Å². The predicted octanol–water partition coefficient (Wildman–Crippen LogP) is 5.01. The second kappa shape index (κ2) is 7.47. The van der Waals surface area contributed by atoms with Crippen LogP contribution in [0, 0.1) is 13.8 Å². The first kappa shape index (κ1) is 16.5. The summed E-state index contributed by atoms with van der Waals surface area (Å²) in [5, 5.41) is 8.28. The van der Waals surface area contributed by atoms with Crippen LogP contribution in [0.4, 0.5) is 5.82 Å². The van der Waals surface area contributed by atoms with Crippen LogP contribution in [0.5, 0.6) is 0 Å². The molecule has 3 rings (SSSR count). The molecule has 2 heterocycles. The van der Waals surface area contributed by atoms with Crippen molar-refractivity contribution in [2.45, 2.75) is 46.5 Å².